The highest BCUT2D eigenvalue weighted by Crippen LogP contribution is 2.47. The van der Waals surface area contributed by atoms with Gasteiger partial charge in [0.05, 0.1) is 19.2 Å². The van der Waals surface area contributed by atoms with Crippen LogP contribution >= 0.6 is 0 Å². The van der Waals surface area contributed by atoms with Crippen molar-refractivity contribution in [3.63, 3.8) is 0 Å². The fourth-order valence-electron chi connectivity index (χ4n) is 4.20. The van der Waals surface area contributed by atoms with E-state index in [9.17, 15) is 18.8 Å². The Hall–Kier alpha value is -5.06. The van der Waals surface area contributed by atoms with Gasteiger partial charge in [0.25, 0.3) is 0 Å². The second-order valence-corrected chi connectivity index (χ2v) is 9.38. The molecule has 11 heteroatoms. The van der Waals surface area contributed by atoms with E-state index in [1.165, 1.54) is 49.7 Å². The molecule has 2 amide bonds. The summed E-state index contributed by atoms with van der Waals surface area (Å²) in [6.45, 7) is 0.176. The summed E-state index contributed by atoms with van der Waals surface area (Å²) in [6.07, 6.45) is 3.13. The highest BCUT2D eigenvalue weighted by Gasteiger charge is 2.56. The Morgan fingerprint density at radius 1 is 0.902 bits per heavy atom. The van der Waals surface area contributed by atoms with Gasteiger partial charge in [-0.15, -0.1) is 0 Å². The number of halogens is 2. The first-order valence-electron chi connectivity index (χ1n) is 12.7. The van der Waals surface area contributed by atoms with Gasteiger partial charge in [-0.1, -0.05) is 0 Å². The third-order valence-electron chi connectivity index (χ3n) is 6.61. The molecule has 1 heterocycles. The number of rotatable bonds is 11. The molecule has 3 aromatic carbocycles. The molecule has 5 rings (SSSR count). The molecule has 1 fully saturated rings. The number of methoxy groups -OCH3 is 1. The smallest absolute Gasteiger partial charge is 0.240 e. The van der Waals surface area contributed by atoms with Crippen LogP contribution in [0.1, 0.15) is 19.3 Å². The summed E-state index contributed by atoms with van der Waals surface area (Å²) in [7, 11) is 1.47. The number of hydrogen-bond acceptors (Lipinski definition) is 7. The number of nitrogens with zero attached hydrogens (tertiary/aromatic N) is 1. The van der Waals surface area contributed by atoms with Gasteiger partial charge in [0.15, 0.2) is 23.1 Å². The Morgan fingerprint density at radius 2 is 1.61 bits per heavy atom. The maximum Gasteiger partial charge on any atom is 0.240 e. The Labute approximate surface area is 233 Å². The summed E-state index contributed by atoms with van der Waals surface area (Å²) in [5.74, 6) is -1.28. The van der Waals surface area contributed by atoms with Gasteiger partial charge in [0.1, 0.15) is 23.3 Å². The molecule has 0 spiro atoms. The fourth-order valence-corrected chi connectivity index (χ4v) is 4.20. The first-order chi connectivity index (χ1) is 19.8. The zero-order chi connectivity index (χ0) is 29.0. The fraction of sp³-hybridized carbons (Fsp3) is 0.200. The van der Waals surface area contributed by atoms with Gasteiger partial charge in [0, 0.05) is 41.5 Å². The van der Waals surface area contributed by atoms with E-state index in [2.05, 4.69) is 15.6 Å². The molecule has 1 saturated carbocycles. The van der Waals surface area contributed by atoms with Crippen LogP contribution in [0.25, 0.3) is 10.9 Å². The number of carbonyl (C=O) groups excluding carboxylic acids is 3. The number of anilines is 2. The lowest BCUT2D eigenvalue weighted by molar-refractivity contribution is -0.131. The summed E-state index contributed by atoms with van der Waals surface area (Å²) < 4.78 is 45.1. The van der Waals surface area contributed by atoms with E-state index in [0.29, 0.717) is 46.7 Å². The van der Waals surface area contributed by atoms with Gasteiger partial charge < -0.3 is 29.6 Å². The monoisotopic (exact) mass is 561 g/mol. The van der Waals surface area contributed by atoms with Gasteiger partial charge in [0.2, 0.25) is 11.8 Å². The summed E-state index contributed by atoms with van der Waals surface area (Å²) >= 11 is 0. The minimum atomic E-state index is -1.29. The van der Waals surface area contributed by atoms with Crippen LogP contribution in [-0.4, -0.2) is 36.8 Å². The number of pyridine rings is 1. The normalized spacial score (nSPS) is 13.2. The molecule has 0 aliphatic heterocycles. The first kappa shape index (κ1) is 27.5. The second kappa shape index (κ2) is 11.6. The Morgan fingerprint density at radius 3 is 2.27 bits per heavy atom. The largest absolute Gasteiger partial charge is 0.493 e. The second-order valence-electron chi connectivity index (χ2n) is 9.38. The lowest BCUT2D eigenvalue weighted by Crippen LogP contribution is -2.35. The van der Waals surface area contributed by atoms with Crippen LogP contribution in [0.5, 0.6) is 23.0 Å². The standard InChI is InChI=1S/C30H25F2N3O6/c1-39-26-16-21-23(17-27(26)40-14-2-13-36)33-12-9-24(21)41-25-8-7-20(15-22(25)32)35-29(38)30(10-11-30)28(37)34-19-5-3-18(31)4-6-19/h3-9,12-13,15-17H,2,10-11,14H2,1H3,(H,34,37)(H,35,38). The van der Waals surface area contributed by atoms with Crippen molar-refractivity contribution in [2.75, 3.05) is 24.4 Å². The van der Waals surface area contributed by atoms with E-state index in [1.54, 1.807) is 18.2 Å². The average Bonchev–Trinajstić information content (AvgIpc) is 3.78. The van der Waals surface area contributed by atoms with E-state index < -0.39 is 28.9 Å². The maximum absolute atomic E-state index is 15.1. The molecular weight excluding hydrogens is 536 g/mol. The summed E-state index contributed by atoms with van der Waals surface area (Å²) in [5, 5.41) is 5.77. The summed E-state index contributed by atoms with van der Waals surface area (Å²) in [6, 6.07) is 14.0. The van der Waals surface area contributed by atoms with Crippen molar-refractivity contribution < 1.29 is 37.4 Å². The third kappa shape index (κ3) is 5.93. The van der Waals surface area contributed by atoms with Gasteiger partial charge in [-0.3, -0.25) is 14.6 Å². The highest BCUT2D eigenvalue weighted by molar-refractivity contribution is 6.16. The van der Waals surface area contributed by atoms with Crippen LogP contribution in [0, 0.1) is 17.0 Å². The van der Waals surface area contributed by atoms with E-state index in [4.69, 9.17) is 14.2 Å². The molecule has 210 valence electrons. The van der Waals surface area contributed by atoms with Crippen LogP contribution in [-0.2, 0) is 14.4 Å². The molecule has 1 aliphatic rings. The van der Waals surface area contributed by atoms with Crippen molar-refractivity contribution in [3.05, 3.63) is 78.5 Å². The topological polar surface area (TPSA) is 116 Å². The quantitative estimate of drug-likeness (QED) is 0.138. The van der Waals surface area contributed by atoms with Crippen molar-refractivity contribution in [2.45, 2.75) is 19.3 Å². The maximum atomic E-state index is 15.1. The number of hydrogen-bond donors (Lipinski definition) is 2. The number of benzene rings is 3. The van der Waals surface area contributed by atoms with Crippen molar-refractivity contribution >= 4 is 40.4 Å². The molecule has 0 radical (unpaired) electrons. The van der Waals surface area contributed by atoms with E-state index in [1.807, 2.05) is 0 Å². The lowest BCUT2D eigenvalue weighted by atomic mass is 10.0. The predicted octanol–water partition coefficient (Wildman–Crippen LogP) is 5.64. The predicted molar refractivity (Wildman–Crippen MR) is 146 cm³/mol. The van der Waals surface area contributed by atoms with Gasteiger partial charge in [-0.05, 0) is 61.4 Å². The number of ether oxygens (including phenoxy) is 3. The Balaban J connectivity index is 1.30. The lowest BCUT2D eigenvalue weighted by Gasteiger charge is -2.16. The molecule has 0 saturated heterocycles. The molecule has 41 heavy (non-hydrogen) atoms. The zero-order valence-electron chi connectivity index (χ0n) is 21.9. The SMILES string of the molecule is COc1cc2c(Oc3ccc(NC(=O)C4(C(=O)Nc5ccc(F)cc5)CC4)cc3F)ccnc2cc1OCCC=O. The minimum absolute atomic E-state index is 0.101. The van der Waals surface area contributed by atoms with Crippen molar-refractivity contribution in [3.8, 4) is 23.0 Å². The molecule has 9 nitrogen and oxygen atoms in total. The van der Waals surface area contributed by atoms with Crippen LogP contribution in [0.3, 0.4) is 0 Å². The van der Waals surface area contributed by atoms with Gasteiger partial charge in [-0.25, -0.2) is 8.78 Å². The van der Waals surface area contributed by atoms with Crippen molar-refractivity contribution in [2.24, 2.45) is 5.41 Å². The average molecular weight is 562 g/mol. The third-order valence-corrected chi connectivity index (χ3v) is 6.61. The summed E-state index contributed by atoms with van der Waals surface area (Å²) in [4.78, 5) is 40.7. The van der Waals surface area contributed by atoms with E-state index >= 15 is 4.39 Å². The van der Waals surface area contributed by atoms with Crippen LogP contribution < -0.4 is 24.8 Å². The molecule has 2 N–H and O–H groups in total. The highest BCUT2D eigenvalue weighted by atomic mass is 19.1. The number of aldehydes is 1. The molecule has 4 aromatic rings. The number of aromatic nitrogens is 1. The molecular formula is C30H25F2N3O6. The number of carbonyl (C=O) groups is 3. The van der Waals surface area contributed by atoms with Crippen molar-refractivity contribution in [1.82, 2.24) is 4.98 Å². The molecule has 0 atom stereocenters. The summed E-state index contributed by atoms with van der Waals surface area (Å²) in [5.41, 5.74) is -0.266. The first-order valence-corrected chi connectivity index (χ1v) is 12.7. The van der Waals surface area contributed by atoms with Crippen LogP contribution in [0.4, 0.5) is 20.2 Å². The number of fused-ring (bicyclic) bond motifs is 1. The minimum Gasteiger partial charge on any atom is -0.493 e. The van der Waals surface area contributed by atoms with Crippen LogP contribution in [0.15, 0.2) is 66.9 Å². The molecule has 1 aliphatic carbocycles. The Bertz CT molecular complexity index is 1620. The van der Waals surface area contributed by atoms with Gasteiger partial charge in [-0.2, -0.15) is 0 Å². The molecule has 1 aromatic heterocycles. The van der Waals surface area contributed by atoms with Crippen molar-refractivity contribution in [1.29, 1.82) is 0 Å². The Kier molecular flexibility index (Phi) is 7.77. The number of nitrogens with one attached hydrogen (secondary N) is 2. The number of amides is 2. The molecule has 0 bridgehead atoms. The van der Waals surface area contributed by atoms with E-state index in [-0.39, 0.29) is 24.5 Å². The zero-order valence-corrected chi connectivity index (χ0v) is 21.9. The van der Waals surface area contributed by atoms with Gasteiger partial charge >= 0.3 is 0 Å². The molecule has 0 unspecified atom stereocenters. The van der Waals surface area contributed by atoms with E-state index in [0.717, 1.165) is 12.4 Å². The van der Waals surface area contributed by atoms with Crippen LogP contribution in [0.2, 0.25) is 0 Å².